The van der Waals surface area contributed by atoms with Crippen LogP contribution in [0.3, 0.4) is 0 Å². The second-order valence-corrected chi connectivity index (χ2v) is 33.8. The summed E-state index contributed by atoms with van der Waals surface area (Å²) in [7, 11) is 0. The first-order valence-electron chi connectivity index (χ1n) is 39.9. The van der Waals surface area contributed by atoms with Crippen molar-refractivity contribution in [2.75, 3.05) is 0 Å². The molecule has 27 aromatic rings. The molecule has 117 heavy (non-hydrogen) atoms. The Balaban J connectivity index is 0.0000000980. The first-order chi connectivity index (χ1) is 58.1. The molecule has 18 aromatic carbocycles. The molecule has 546 valence electrons. The van der Waals surface area contributed by atoms with Crippen LogP contribution in [0.4, 0.5) is 0 Å². The summed E-state index contributed by atoms with van der Waals surface area (Å²) in [6, 6.07) is 146. The fraction of sp³-hybridized carbons (Fsp3) is 0. The molecule has 0 saturated heterocycles. The molecular formula is C108H66N6S3. The van der Waals surface area contributed by atoms with Gasteiger partial charge in [0.25, 0.3) is 0 Å². The van der Waals surface area contributed by atoms with Crippen LogP contribution in [0.15, 0.2) is 400 Å². The summed E-state index contributed by atoms with van der Waals surface area (Å²) in [6.45, 7) is 0. The Morgan fingerprint density at radius 3 is 0.906 bits per heavy atom. The molecule has 0 N–H and O–H groups in total. The molecule has 0 radical (unpaired) electrons. The third-order valence-electron chi connectivity index (χ3n) is 24.2. The van der Waals surface area contributed by atoms with Gasteiger partial charge in [-0.05, 0) is 172 Å². The van der Waals surface area contributed by atoms with Crippen molar-refractivity contribution in [2.45, 2.75) is 0 Å². The van der Waals surface area contributed by atoms with Crippen molar-refractivity contribution in [3.8, 4) is 34.1 Å². The Hall–Kier alpha value is -14.6. The summed E-state index contributed by atoms with van der Waals surface area (Å²) >= 11 is 5.71. The number of aromatic nitrogens is 6. The number of thiophene rings is 3. The van der Waals surface area contributed by atoms with Crippen LogP contribution in [-0.4, -0.2) is 27.4 Å². The molecule has 0 fully saturated rings. The Morgan fingerprint density at radius 2 is 0.453 bits per heavy atom. The van der Waals surface area contributed by atoms with Gasteiger partial charge in [0, 0.05) is 113 Å². The van der Waals surface area contributed by atoms with Gasteiger partial charge in [-0.1, -0.05) is 261 Å². The first kappa shape index (κ1) is 65.9. The molecule has 0 spiro atoms. The lowest BCUT2D eigenvalue weighted by atomic mass is 10.1. The molecule has 0 aliphatic heterocycles. The quantitative estimate of drug-likeness (QED) is 0.159. The first-order valence-corrected chi connectivity index (χ1v) is 42.3. The van der Waals surface area contributed by atoms with Gasteiger partial charge < -0.3 is 27.4 Å². The van der Waals surface area contributed by atoms with Crippen LogP contribution in [0.25, 0.3) is 225 Å². The van der Waals surface area contributed by atoms with E-state index in [1.54, 1.807) is 0 Å². The van der Waals surface area contributed by atoms with E-state index in [9.17, 15) is 0 Å². The fourth-order valence-corrected chi connectivity index (χ4v) is 22.9. The molecule has 0 bridgehead atoms. The van der Waals surface area contributed by atoms with Crippen LogP contribution in [0.5, 0.6) is 0 Å². The molecule has 9 heterocycles. The number of hydrogen-bond donors (Lipinski definition) is 0. The maximum absolute atomic E-state index is 2.48. The van der Waals surface area contributed by atoms with Crippen molar-refractivity contribution in [1.29, 1.82) is 0 Å². The fourth-order valence-electron chi connectivity index (χ4n) is 19.2. The summed E-state index contributed by atoms with van der Waals surface area (Å²) in [5.41, 5.74) is 22.3. The molecule has 0 aliphatic carbocycles. The van der Waals surface area contributed by atoms with E-state index in [1.165, 1.54) is 225 Å². The van der Waals surface area contributed by atoms with Crippen LogP contribution < -0.4 is 0 Å². The monoisotopic (exact) mass is 1540 g/mol. The van der Waals surface area contributed by atoms with Crippen LogP contribution >= 0.6 is 34.0 Å². The maximum atomic E-state index is 2.48. The van der Waals surface area contributed by atoms with Crippen molar-refractivity contribution >= 4 is 225 Å². The molecule has 9 heteroatoms. The normalized spacial score (nSPS) is 12.1. The van der Waals surface area contributed by atoms with Crippen molar-refractivity contribution in [2.24, 2.45) is 0 Å². The average Bonchev–Trinajstić information content (AvgIpc) is 1.53. The molecule has 0 amide bonds. The van der Waals surface area contributed by atoms with E-state index in [0.717, 1.165) is 0 Å². The Morgan fingerprint density at radius 1 is 0.145 bits per heavy atom. The molecule has 0 saturated carbocycles. The number of fused-ring (bicyclic) bond motifs is 28. The van der Waals surface area contributed by atoms with E-state index in [-0.39, 0.29) is 0 Å². The summed E-state index contributed by atoms with van der Waals surface area (Å²) in [6.07, 6.45) is 0. The van der Waals surface area contributed by atoms with Gasteiger partial charge in [-0.25, -0.2) is 0 Å². The van der Waals surface area contributed by atoms with Crippen molar-refractivity contribution < 1.29 is 0 Å². The Labute approximate surface area is 682 Å². The van der Waals surface area contributed by atoms with Crippen molar-refractivity contribution in [3.63, 3.8) is 0 Å². The SMILES string of the molecule is c1ccc(-n2c3ccccc3c3sc4cc5c(cc4c32)c2ccccc2n5-c2ccc3ccccc3c2)cc1.c1ccc(-n2c3ccccc3c3sc4cc5c6ccccc6n(-c6ccc7ccccc7c6)c5cc4c32)cc1.c1ccc(-n2c3ccccc3c3sc4ccc5c6ccccc6n(-c6ccc7ccccc7c6)c5c4c32)cc1. The smallest absolute Gasteiger partial charge is 0.0749 e. The number of para-hydroxylation sites is 9. The highest BCUT2D eigenvalue weighted by Crippen LogP contribution is 2.51. The van der Waals surface area contributed by atoms with E-state index in [4.69, 9.17) is 0 Å². The lowest BCUT2D eigenvalue weighted by Gasteiger charge is -2.12. The van der Waals surface area contributed by atoms with Crippen LogP contribution in [-0.2, 0) is 0 Å². The molecule has 0 atom stereocenters. The maximum Gasteiger partial charge on any atom is 0.0749 e. The zero-order valence-corrected chi connectivity index (χ0v) is 65.5. The van der Waals surface area contributed by atoms with Gasteiger partial charge in [0.05, 0.1) is 80.3 Å². The minimum atomic E-state index is 1.19. The highest BCUT2D eigenvalue weighted by molar-refractivity contribution is 7.27. The summed E-state index contributed by atoms with van der Waals surface area (Å²) < 4.78 is 22.7. The molecule has 0 unspecified atom stereocenters. The zero-order chi connectivity index (χ0) is 76.5. The second-order valence-electron chi connectivity index (χ2n) is 30.6. The van der Waals surface area contributed by atoms with E-state index < -0.39 is 0 Å². The van der Waals surface area contributed by atoms with Crippen molar-refractivity contribution in [3.05, 3.63) is 400 Å². The number of rotatable bonds is 6. The molecule has 0 aliphatic rings. The third kappa shape index (κ3) is 10.0. The van der Waals surface area contributed by atoms with Crippen molar-refractivity contribution in [1.82, 2.24) is 27.4 Å². The van der Waals surface area contributed by atoms with Gasteiger partial charge in [-0.2, -0.15) is 0 Å². The topological polar surface area (TPSA) is 29.6 Å². The van der Waals surface area contributed by atoms with Gasteiger partial charge in [0.15, 0.2) is 0 Å². The zero-order valence-electron chi connectivity index (χ0n) is 63.0. The van der Waals surface area contributed by atoms with Gasteiger partial charge in [-0.3, -0.25) is 0 Å². The summed E-state index contributed by atoms with van der Waals surface area (Å²) in [5, 5.41) is 23.1. The minimum Gasteiger partial charge on any atom is -0.309 e. The van der Waals surface area contributed by atoms with Gasteiger partial charge in [0.2, 0.25) is 0 Å². The predicted octanol–water partition coefficient (Wildman–Crippen LogP) is 30.7. The number of nitrogens with zero attached hydrogens (tertiary/aromatic N) is 6. The largest absolute Gasteiger partial charge is 0.309 e. The lowest BCUT2D eigenvalue weighted by Crippen LogP contribution is -1.96. The number of hydrogen-bond acceptors (Lipinski definition) is 3. The molecule has 27 rings (SSSR count). The van der Waals surface area contributed by atoms with E-state index in [1.807, 2.05) is 34.0 Å². The predicted molar refractivity (Wildman–Crippen MR) is 504 cm³/mol. The molecular weight excluding hydrogens is 1480 g/mol. The Kier molecular flexibility index (Phi) is 14.6. The standard InChI is InChI=1S/3C36H22N2S/c1-2-12-25(13-3-1)38-32-17-9-7-15-28(32)36-35(38)30-21-33-29(22-34(30)39-36)27-14-6-8-16-31(27)37(33)26-19-18-23-10-4-5-11-24(23)20-26;1-2-12-25(13-3-1)38-32-17-9-7-15-28(32)36-35(38)30-21-29-27-14-6-8-16-31(27)37(33(29)22-34(30)39-36)26-19-18-23-10-4-5-11-24(23)20-26;1-2-12-25(13-3-1)37-31-17-9-7-15-29(31)36-35(37)33-32(39-36)21-20-28-27-14-6-8-16-30(27)38(34(28)33)26-19-18-23-10-4-5-11-24(23)22-26/h3*1-22H. The van der Waals surface area contributed by atoms with Crippen LogP contribution in [0, 0.1) is 0 Å². The van der Waals surface area contributed by atoms with Gasteiger partial charge >= 0.3 is 0 Å². The molecule has 9 aromatic heterocycles. The summed E-state index contributed by atoms with van der Waals surface area (Å²) in [4.78, 5) is 0. The second kappa shape index (κ2) is 26.0. The van der Waals surface area contributed by atoms with E-state index >= 15 is 0 Å². The molecule has 6 nitrogen and oxygen atoms in total. The highest BCUT2D eigenvalue weighted by atomic mass is 32.1. The average molecular weight is 1540 g/mol. The highest BCUT2D eigenvalue weighted by Gasteiger charge is 2.27. The van der Waals surface area contributed by atoms with E-state index in [0.29, 0.717) is 0 Å². The summed E-state index contributed by atoms with van der Waals surface area (Å²) in [5.74, 6) is 0. The lowest BCUT2D eigenvalue weighted by molar-refractivity contribution is 1.18. The number of benzene rings is 18. The van der Waals surface area contributed by atoms with Gasteiger partial charge in [0.1, 0.15) is 0 Å². The van der Waals surface area contributed by atoms with E-state index in [2.05, 4.69) is 428 Å². The van der Waals surface area contributed by atoms with Crippen LogP contribution in [0.1, 0.15) is 0 Å². The third-order valence-corrected chi connectivity index (χ3v) is 27.8. The van der Waals surface area contributed by atoms with Gasteiger partial charge in [-0.15, -0.1) is 34.0 Å². The minimum absolute atomic E-state index is 1.19. The van der Waals surface area contributed by atoms with Crippen LogP contribution in [0.2, 0.25) is 0 Å². The Bertz CT molecular complexity index is 8750.